The Morgan fingerprint density at radius 1 is 1.25 bits per heavy atom. The van der Waals surface area contributed by atoms with Crippen molar-refractivity contribution in [3.63, 3.8) is 0 Å². The lowest BCUT2D eigenvalue weighted by atomic mass is 10.1. The maximum Gasteiger partial charge on any atom is 0.309 e. The Morgan fingerprint density at radius 3 is 2.82 bits per heavy atom. The van der Waals surface area contributed by atoms with Gasteiger partial charge in [0.25, 0.3) is 0 Å². The van der Waals surface area contributed by atoms with Crippen molar-refractivity contribution < 1.29 is 18.7 Å². The first kappa shape index (κ1) is 19.2. The highest BCUT2D eigenvalue weighted by Gasteiger charge is 2.45. The van der Waals surface area contributed by atoms with Crippen molar-refractivity contribution in [3.05, 3.63) is 53.5 Å². The van der Waals surface area contributed by atoms with Crippen molar-refractivity contribution in [2.24, 2.45) is 5.92 Å². The monoisotopic (exact) mass is 401 g/mol. The van der Waals surface area contributed by atoms with Gasteiger partial charge in [0.05, 0.1) is 23.7 Å². The highest BCUT2D eigenvalue weighted by Crippen LogP contribution is 2.48. The van der Waals surface area contributed by atoms with Crippen LogP contribution in [0.4, 0.5) is 4.39 Å². The lowest BCUT2D eigenvalue weighted by Crippen LogP contribution is -2.04. The molecular formula is C22H24FNO3S. The van der Waals surface area contributed by atoms with Gasteiger partial charge in [-0.05, 0) is 55.0 Å². The van der Waals surface area contributed by atoms with Gasteiger partial charge in [0.1, 0.15) is 6.61 Å². The number of hydrogen-bond acceptors (Lipinski definition) is 5. The number of nitrogens with zero attached hydrogens (tertiary/aromatic N) is 1. The summed E-state index contributed by atoms with van der Waals surface area (Å²) in [4.78, 5) is 16.2. The largest absolute Gasteiger partial charge is 0.484 e. The minimum Gasteiger partial charge on any atom is -0.484 e. The molecule has 2 fully saturated rings. The van der Waals surface area contributed by atoms with Crippen molar-refractivity contribution in [1.82, 2.24) is 4.98 Å². The Bertz CT molecular complexity index is 853. The Balaban J connectivity index is 1.35. The van der Waals surface area contributed by atoms with Gasteiger partial charge >= 0.3 is 5.97 Å². The highest BCUT2D eigenvalue weighted by atomic mass is 32.2. The molecule has 0 aliphatic heterocycles. The number of rotatable bonds is 7. The van der Waals surface area contributed by atoms with Crippen molar-refractivity contribution in [2.75, 3.05) is 7.11 Å². The Kier molecular flexibility index (Phi) is 5.85. The van der Waals surface area contributed by atoms with Gasteiger partial charge in [-0.25, -0.2) is 9.37 Å². The van der Waals surface area contributed by atoms with Crippen LogP contribution in [-0.4, -0.2) is 23.3 Å². The number of methoxy groups -OCH3 is 1. The second kappa shape index (κ2) is 8.52. The second-order valence-electron chi connectivity index (χ2n) is 7.44. The van der Waals surface area contributed by atoms with Gasteiger partial charge in [-0.15, -0.1) is 11.8 Å². The molecule has 0 N–H and O–H groups in total. The molecule has 28 heavy (non-hydrogen) atoms. The van der Waals surface area contributed by atoms with Gasteiger partial charge in [-0.3, -0.25) is 4.79 Å². The quantitative estimate of drug-likeness (QED) is 0.603. The predicted molar refractivity (Wildman–Crippen MR) is 106 cm³/mol. The molecule has 1 heterocycles. The molecule has 1 aromatic heterocycles. The maximum absolute atomic E-state index is 14.4. The zero-order valence-corrected chi connectivity index (χ0v) is 16.7. The number of pyridine rings is 1. The summed E-state index contributed by atoms with van der Waals surface area (Å²) in [5.74, 6) is -0.547. The van der Waals surface area contributed by atoms with Gasteiger partial charge in [0.2, 0.25) is 0 Å². The third kappa shape index (κ3) is 4.49. The normalized spacial score (nSPS) is 21.5. The molecule has 0 bridgehead atoms. The molecule has 2 aliphatic rings. The predicted octanol–water partition coefficient (Wildman–Crippen LogP) is 5.11. The van der Waals surface area contributed by atoms with Crippen LogP contribution in [0.2, 0.25) is 0 Å². The maximum atomic E-state index is 14.4. The molecule has 0 amide bonds. The lowest BCUT2D eigenvalue weighted by molar-refractivity contribution is -0.142. The second-order valence-corrected chi connectivity index (χ2v) is 8.76. The van der Waals surface area contributed by atoms with E-state index in [9.17, 15) is 9.18 Å². The van der Waals surface area contributed by atoms with E-state index in [1.165, 1.54) is 38.9 Å². The third-order valence-corrected chi connectivity index (χ3v) is 6.70. The van der Waals surface area contributed by atoms with Gasteiger partial charge in [-0.2, -0.15) is 0 Å². The molecule has 0 spiro atoms. The number of ether oxygens (including phenoxy) is 2. The number of carbonyl (C=O) groups is 1. The standard InChI is InChI=1S/C22H24FNO3S/c1-26-22(25)18-12-17(18)14-9-10-20(19(23)11-14)27-13-15-5-4-8-21(24-15)28-16-6-2-3-7-16/h4-5,8-11,16-18H,2-3,6-7,12-13H2,1H3. The van der Waals surface area contributed by atoms with Crippen molar-refractivity contribution in [1.29, 1.82) is 0 Å². The number of halogens is 1. The number of hydrogen-bond donors (Lipinski definition) is 0. The summed E-state index contributed by atoms with van der Waals surface area (Å²) in [6.07, 6.45) is 5.82. The molecule has 2 atom stereocenters. The number of thioether (sulfide) groups is 1. The Hall–Kier alpha value is -2.08. The number of carbonyl (C=O) groups excluding carboxylic acids is 1. The number of aromatic nitrogens is 1. The van der Waals surface area contributed by atoms with Gasteiger partial charge < -0.3 is 9.47 Å². The molecule has 4 nitrogen and oxygen atoms in total. The third-order valence-electron chi connectivity index (χ3n) is 5.42. The van der Waals surface area contributed by atoms with E-state index in [1.54, 1.807) is 6.07 Å². The first-order valence-electron chi connectivity index (χ1n) is 9.76. The minimum absolute atomic E-state index is 0.0435. The van der Waals surface area contributed by atoms with E-state index < -0.39 is 5.82 Å². The van der Waals surface area contributed by atoms with Crippen LogP contribution in [0.5, 0.6) is 5.75 Å². The molecular weight excluding hydrogens is 377 g/mol. The van der Waals surface area contributed by atoms with Crippen molar-refractivity contribution >= 4 is 17.7 Å². The average molecular weight is 402 g/mol. The molecule has 0 saturated heterocycles. The van der Waals surface area contributed by atoms with Gasteiger partial charge in [0.15, 0.2) is 11.6 Å². The van der Waals surface area contributed by atoms with Crippen molar-refractivity contribution in [2.45, 2.75) is 54.9 Å². The number of esters is 1. The molecule has 1 aromatic carbocycles. The van der Waals surface area contributed by atoms with Gasteiger partial charge in [-0.1, -0.05) is 25.0 Å². The molecule has 2 unspecified atom stereocenters. The van der Waals surface area contributed by atoms with Crippen LogP contribution in [0.25, 0.3) is 0 Å². The topological polar surface area (TPSA) is 48.4 Å². The summed E-state index contributed by atoms with van der Waals surface area (Å²) in [6, 6.07) is 10.8. The van der Waals surface area contributed by atoms with E-state index in [1.807, 2.05) is 36.0 Å². The SMILES string of the molecule is COC(=O)C1CC1c1ccc(OCc2cccc(SC3CCCC3)n2)c(F)c1. The summed E-state index contributed by atoms with van der Waals surface area (Å²) in [6.45, 7) is 0.226. The van der Waals surface area contributed by atoms with E-state index in [-0.39, 0.29) is 30.2 Å². The molecule has 2 saturated carbocycles. The zero-order chi connectivity index (χ0) is 19.5. The van der Waals surface area contributed by atoms with Crippen LogP contribution >= 0.6 is 11.8 Å². The van der Waals surface area contributed by atoms with Crippen LogP contribution in [0.15, 0.2) is 41.4 Å². The summed E-state index contributed by atoms with van der Waals surface area (Å²) >= 11 is 1.83. The van der Waals surface area contributed by atoms with Crippen LogP contribution < -0.4 is 4.74 Å². The molecule has 2 aliphatic carbocycles. The molecule has 6 heteroatoms. The zero-order valence-electron chi connectivity index (χ0n) is 15.9. The van der Waals surface area contributed by atoms with E-state index in [4.69, 9.17) is 9.47 Å². The van der Waals surface area contributed by atoms with E-state index >= 15 is 0 Å². The minimum atomic E-state index is -0.412. The number of benzene rings is 1. The molecule has 4 rings (SSSR count). The van der Waals surface area contributed by atoms with E-state index in [0.29, 0.717) is 11.7 Å². The average Bonchev–Trinajstić information content (AvgIpc) is 3.35. The summed E-state index contributed by atoms with van der Waals surface area (Å²) in [5, 5.41) is 1.66. The summed E-state index contributed by atoms with van der Waals surface area (Å²) in [7, 11) is 1.38. The van der Waals surface area contributed by atoms with Crippen molar-refractivity contribution in [3.8, 4) is 5.75 Å². The molecule has 2 aromatic rings. The first-order valence-corrected chi connectivity index (χ1v) is 10.6. The van der Waals surface area contributed by atoms with E-state index in [2.05, 4.69) is 4.98 Å². The fraction of sp³-hybridized carbons (Fsp3) is 0.455. The van der Waals surface area contributed by atoms with Crippen LogP contribution in [0.3, 0.4) is 0 Å². The summed E-state index contributed by atoms with van der Waals surface area (Å²) < 4.78 is 24.8. The smallest absolute Gasteiger partial charge is 0.309 e. The van der Waals surface area contributed by atoms with Gasteiger partial charge in [0, 0.05) is 5.25 Å². The highest BCUT2D eigenvalue weighted by molar-refractivity contribution is 7.99. The van der Waals surface area contributed by atoms with Crippen LogP contribution in [-0.2, 0) is 16.1 Å². The fourth-order valence-electron chi connectivity index (χ4n) is 3.77. The molecule has 148 valence electrons. The first-order chi connectivity index (χ1) is 13.6. The van der Waals surface area contributed by atoms with E-state index in [0.717, 1.165) is 16.3 Å². The molecule has 0 radical (unpaired) electrons. The Morgan fingerprint density at radius 2 is 2.07 bits per heavy atom. The fourth-order valence-corrected chi connectivity index (χ4v) is 5.01. The lowest BCUT2D eigenvalue weighted by Gasteiger charge is -2.11. The Labute approximate surface area is 168 Å². The van der Waals surface area contributed by atoms with Crippen LogP contribution in [0.1, 0.15) is 49.3 Å². The summed E-state index contributed by atoms with van der Waals surface area (Å²) in [5.41, 5.74) is 1.60. The van der Waals surface area contributed by atoms with Crippen LogP contribution in [0, 0.1) is 11.7 Å².